The molecule has 0 radical (unpaired) electrons. The van der Waals surface area contributed by atoms with Gasteiger partial charge in [-0.2, -0.15) is 0 Å². The van der Waals surface area contributed by atoms with Crippen LogP contribution in [0.1, 0.15) is 22.3 Å². The van der Waals surface area contributed by atoms with Crippen LogP contribution >= 0.6 is 22.6 Å². The molecule has 0 heterocycles. The second-order valence-electron chi connectivity index (χ2n) is 2.88. The molecule has 1 N–H and O–H groups in total. The SMILES string of the molecule is O=C1CCc2c(I)cc(O)cc21. The summed E-state index contributed by atoms with van der Waals surface area (Å²) in [6.45, 7) is 0. The fourth-order valence-corrected chi connectivity index (χ4v) is 2.38. The van der Waals surface area contributed by atoms with Gasteiger partial charge < -0.3 is 5.11 Å². The number of carbonyl (C=O) groups is 1. The minimum atomic E-state index is 0.152. The molecule has 0 spiro atoms. The molecule has 1 aliphatic rings. The Morgan fingerprint density at radius 3 is 2.83 bits per heavy atom. The molecule has 62 valence electrons. The van der Waals surface area contributed by atoms with E-state index >= 15 is 0 Å². The first kappa shape index (κ1) is 8.04. The van der Waals surface area contributed by atoms with Crippen LogP contribution in [0.15, 0.2) is 12.1 Å². The normalized spacial score (nSPS) is 14.9. The monoisotopic (exact) mass is 274 g/mol. The molecule has 1 aromatic carbocycles. The smallest absolute Gasteiger partial charge is 0.163 e. The van der Waals surface area contributed by atoms with Gasteiger partial charge in [0.1, 0.15) is 5.75 Å². The van der Waals surface area contributed by atoms with Crippen LogP contribution in [-0.2, 0) is 6.42 Å². The van der Waals surface area contributed by atoms with Crippen LogP contribution in [0.4, 0.5) is 0 Å². The van der Waals surface area contributed by atoms with Crippen molar-refractivity contribution in [2.45, 2.75) is 12.8 Å². The number of phenolic OH excluding ortho intramolecular Hbond substituents is 1. The number of Topliss-reactive ketones (excluding diaryl/α,β-unsaturated/α-hetero) is 1. The number of benzene rings is 1. The molecular formula is C9H7IO2. The molecule has 3 heteroatoms. The second-order valence-corrected chi connectivity index (χ2v) is 4.04. The number of fused-ring (bicyclic) bond motifs is 1. The van der Waals surface area contributed by atoms with E-state index in [1.54, 1.807) is 12.1 Å². The number of phenols is 1. The third-order valence-electron chi connectivity index (χ3n) is 2.08. The minimum absolute atomic E-state index is 0.152. The van der Waals surface area contributed by atoms with Crippen molar-refractivity contribution in [2.24, 2.45) is 0 Å². The molecule has 0 saturated carbocycles. The van der Waals surface area contributed by atoms with Crippen LogP contribution in [0.2, 0.25) is 0 Å². The van der Waals surface area contributed by atoms with Crippen molar-refractivity contribution < 1.29 is 9.90 Å². The molecule has 1 aliphatic carbocycles. The van der Waals surface area contributed by atoms with E-state index in [0.29, 0.717) is 12.0 Å². The lowest BCUT2D eigenvalue weighted by Gasteiger charge is -2.01. The van der Waals surface area contributed by atoms with Crippen LogP contribution < -0.4 is 0 Å². The zero-order valence-corrected chi connectivity index (χ0v) is 8.46. The van der Waals surface area contributed by atoms with Gasteiger partial charge in [-0.3, -0.25) is 4.79 Å². The molecule has 1 aromatic rings. The van der Waals surface area contributed by atoms with Crippen molar-refractivity contribution in [3.05, 3.63) is 26.8 Å². The number of carbonyl (C=O) groups excluding carboxylic acids is 1. The van der Waals surface area contributed by atoms with E-state index in [2.05, 4.69) is 22.6 Å². The van der Waals surface area contributed by atoms with Gasteiger partial charge >= 0.3 is 0 Å². The fourth-order valence-electron chi connectivity index (χ4n) is 1.50. The lowest BCUT2D eigenvalue weighted by atomic mass is 10.1. The Labute approximate surface area is 83.7 Å². The van der Waals surface area contributed by atoms with Gasteiger partial charge in [0.2, 0.25) is 0 Å². The van der Waals surface area contributed by atoms with Crippen LogP contribution in [0.25, 0.3) is 0 Å². The third-order valence-corrected chi connectivity index (χ3v) is 3.05. The Bertz CT molecular complexity index is 358. The quantitative estimate of drug-likeness (QED) is 0.736. The topological polar surface area (TPSA) is 37.3 Å². The van der Waals surface area contributed by atoms with Gasteiger partial charge in [-0.25, -0.2) is 0 Å². The van der Waals surface area contributed by atoms with Crippen molar-refractivity contribution in [3.8, 4) is 5.75 Å². The predicted octanol–water partition coefficient (Wildman–Crippen LogP) is 2.13. The van der Waals surface area contributed by atoms with Crippen molar-refractivity contribution >= 4 is 28.4 Å². The number of halogens is 1. The summed E-state index contributed by atoms with van der Waals surface area (Å²) in [5.74, 6) is 0.340. The van der Waals surface area contributed by atoms with Gasteiger partial charge in [0.15, 0.2) is 5.78 Å². The summed E-state index contributed by atoms with van der Waals surface area (Å²) in [7, 11) is 0. The van der Waals surface area contributed by atoms with E-state index in [4.69, 9.17) is 0 Å². The molecule has 0 amide bonds. The first-order valence-electron chi connectivity index (χ1n) is 3.73. The maximum atomic E-state index is 11.3. The number of ketones is 1. The maximum absolute atomic E-state index is 11.3. The van der Waals surface area contributed by atoms with Crippen LogP contribution in [-0.4, -0.2) is 10.9 Å². The van der Waals surface area contributed by atoms with E-state index < -0.39 is 0 Å². The summed E-state index contributed by atoms with van der Waals surface area (Å²) in [6.07, 6.45) is 1.42. The summed E-state index contributed by atoms with van der Waals surface area (Å²) in [6, 6.07) is 3.25. The molecule has 2 nitrogen and oxygen atoms in total. The number of aromatic hydroxyl groups is 1. The van der Waals surface area contributed by atoms with Crippen molar-refractivity contribution in [3.63, 3.8) is 0 Å². The zero-order chi connectivity index (χ0) is 8.72. The minimum Gasteiger partial charge on any atom is -0.508 e. The molecule has 0 atom stereocenters. The second kappa shape index (κ2) is 2.73. The number of rotatable bonds is 0. The molecule has 0 fully saturated rings. The number of hydrogen-bond acceptors (Lipinski definition) is 2. The molecule has 12 heavy (non-hydrogen) atoms. The highest BCUT2D eigenvalue weighted by Gasteiger charge is 2.22. The maximum Gasteiger partial charge on any atom is 0.163 e. The first-order chi connectivity index (χ1) is 5.68. The largest absolute Gasteiger partial charge is 0.508 e. The Kier molecular flexibility index (Phi) is 1.83. The molecule has 0 aliphatic heterocycles. The van der Waals surface area contributed by atoms with Crippen molar-refractivity contribution in [1.82, 2.24) is 0 Å². The summed E-state index contributed by atoms with van der Waals surface area (Å²) < 4.78 is 0.994. The average Bonchev–Trinajstić information content (AvgIpc) is 2.33. The average molecular weight is 274 g/mol. The Morgan fingerprint density at radius 2 is 2.08 bits per heavy atom. The fraction of sp³-hybridized carbons (Fsp3) is 0.222. The van der Waals surface area contributed by atoms with E-state index in [0.717, 1.165) is 15.6 Å². The van der Waals surface area contributed by atoms with Gasteiger partial charge in [-0.05, 0) is 46.7 Å². The molecule has 2 rings (SSSR count). The Balaban J connectivity index is 2.68. The predicted molar refractivity (Wildman–Crippen MR) is 53.5 cm³/mol. The summed E-state index contributed by atoms with van der Waals surface area (Å²) in [4.78, 5) is 11.3. The van der Waals surface area contributed by atoms with Gasteiger partial charge in [-0.1, -0.05) is 0 Å². The zero-order valence-electron chi connectivity index (χ0n) is 6.30. The van der Waals surface area contributed by atoms with E-state index in [-0.39, 0.29) is 11.5 Å². The Morgan fingerprint density at radius 1 is 1.33 bits per heavy atom. The summed E-state index contributed by atoms with van der Waals surface area (Å²) >= 11 is 2.15. The van der Waals surface area contributed by atoms with Crippen LogP contribution in [0.5, 0.6) is 5.75 Å². The van der Waals surface area contributed by atoms with Crippen molar-refractivity contribution in [2.75, 3.05) is 0 Å². The molecule has 0 bridgehead atoms. The van der Waals surface area contributed by atoms with Gasteiger partial charge in [0.25, 0.3) is 0 Å². The van der Waals surface area contributed by atoms with E-state index in [9.17, 15) is 9.90 Å². The standard InChI is InChI=1S/C9H7IO2/c10-8-4-5(11)3-7-6(8)1-2-9(7)12/h3-4,11H,1-2H2. The number of hydrogen-bond donors (Lipinski definition) is 1. The van der Waals surface area contributed by atoms with Gasteiger partial charge in [0.05, 0.1) is 0 Å². The van der Waals surface area contributed by atoms with Gasteiger partial charge in [0, 0.05) is 15.6 Å². The highest BCUT2D eigenvalue weighted by molar-refractivity contribution is 14.1. The highest BCUT2D eigenvalue weighted by atomic mass is 127. The van der Waals surface area contributed by atoms with Crippen LogP contribution in [0, 0.1) is 3.57 Å². The molecule has 0 saturated heterocycles. The van der Waals surface area contributed by atoms with Crippen molar-refractivity contribution in [1.29, 1.82) is 0 Å². The molecule has 0 unspecified atom stereocenters. The first-order valence-corrected chi connectivity index (χ1v) is 4.81. The molecule has 0 aromatic heterocycles. The van der Waals surface area contributed by atoms with E-state index in [1.165, 1.54) is 0 Å². The molecular weight excluding hydrogens is 267 g/mol. The Hall–Kier alpha value is -0.580. The van der Waals surface area contributed by atoms with Gasteiger partial charge in [-0.15, -0.1) is 0 Å². The summed E-state index contributed by atoms with van der Waals surface area (Å²) in [5.41, 5.74) is 1.80. The van der Waals surface area contributed by atoms with E-state index in [1.807, 2.05) is 0 Å². The summed E-state index contributed by atoms with van der Waals surface area (Å²) in [5, 5.41) is 9.24. The third kappa shape index (κ3) is 1.12. The van der Waals surface area contributed by atoms with Crippen LogP contribution in [0.3, 0.4) is 0 Å². The lowest BCUT2D eigenvalue weighted by molar-refractivity contribution is 0.0994. The highest BCUT2D eigenvalue weighted by Crippen LogP contribution is 2.30. The lowest BCUT2D eigenvalue weighted by Crippen LogP contribution is -1.91.